The van der Waals surface area contributed by atoms with Crippen LogP contribution in [0, 0.1) is 4.64 Å². The van der Waals surface area contributed by atoms with Gasteiger partial charge in [-0.15, -0.1) is 0 Å². The SMILES string of the molecule is COc1ccccc1-c1nc(=S)cc(C2CC2)[nH]1. The molecule has 1 saturated carbocycles. The van der Waals surface area contributed by atoms with Gasteiger partial charge in [0.05, 0.1) is 12.7 Å². The molecule has 1 aromatic heterocycles. The molecule has 0 saturated heterocycles. The van der Waals surface area contributed by atoms with Crippen molar-refractivity contribution >= 4 is 12.2 Å². The zero-order valence-corrected chi connectivity index (χ0v) is 11.0. The Morgan fingerprint density at radius 3 is 2.83 bits per heavy atom. The van der Waals surface area contributed by atoms with Crippen LogP contribution in [0.2, 0.25) is 0 Å². The standard InChI is InChI=1S/C14H14N2OS/c1-17-12-5-3-2-4-10(12)14-15-11(9-6-7-9)8-13(18)16-14/h2-5,8-9H,6-7H2,1H3,(H,15,16,18). The van der Waals surface area contributed by atoms with Crippen LogP contribution in [0.25, 0.3) is 11.4 Å². The number of hydrogen-bond acceptors (Lipinski definition) is 3. The van der Waals surface area contributed by atoms with Gasteiger partial charge in [0, 0.05) is 5.69 Å². The molecule has 0 aliphatic heterocycles. The highest BCUT2D eigenvalue weighted by molar-refractivity contribution is 7.71. The molecule has 1 aliphatic carbocycles. The zero-order valence-electron chi connectivity index (χ0n) is 10.1. The number of H-pyrrole nitrogens is 1. The molecule has 2 aromatic rings. The second-order valence-corrected chi connectivity index (χ2v) is 4.92. The number of para-hydroxylation sites is 1. The van der Waals surface area contributed by atoms with E-state index in [1.165, 1.54) is 18.5 Å². The molecule has 4 heteroatoms. The molecule has 0 amide bonds. The lowest BCUT2D eigenvalue weighted by Crippen LogP contribution is -1.96. The third kappa shape index (κ3) is 2.16. The van der Waals surface area contributed by atoms with Gasteiger partial charge in [-0.1, -0.05) is 24.4 Å². The van der Waals surface area contributed by atoms with Gasteiger partial charge < -0.3 is 9.72 Å². The molecule has 1 aromatic carbocycles. The van der Waals surface area contributed by atoms with Gasteiger partial charge in [-0.25, -0.2) is 4.98 Å². The molecule has 0 radical (unpaired) electrons. The second-order valence-electron chi connectivity index (χ2n) is 4.50. The molecule has 1 heterocycles. The van der Waals surface area contributed by atoms with E-state index in [1.54, 1.807) is 7.11 Å². The van der Waals surface area contributed by atoms with Gasteiger partial charge >= 0.3 is 0 Å². The van der Waals surface area contributed by atoms with E-state index in [0.717, 1.165) is 17.1 Å². The second kappa shape index (κ2) is 4.53. The minimum absolute atomic E-state index is 0.628. The summed E-state index contributed by atoms with van der Waals surface area (Å²) in [6, 6.07) is 9.80. The predicted molar refractivity (Wildman–Crippen MR) is 73.4 cm³/mol. The maximum atomic E-state index is 5.36. The fraction of sp³-hybridized carbons (Fsp3) is 0.286. The van der Waals surface area contributed by atoms with Gasteiger partial charge in [0.15, 0.2) is 0 Å². The first-order chi connectivity index (χ1) is 8.78. The number of nitrogens with one attached hydrogen (secondary N) is 1. The van der Waals surface area contributed by atoms with E-state index in [0.29, 0.717) is 10.6 Å². The molecule has 3 nitrogen and oxygen atoms in total. The van der Waals surface area contributed by atoms with Crippen molar-refractivity contribution in [2.24, 2.45) is 0 Å². The first-order valence-electron chi connectivity index (χ1n) is 6.02. The highest BCUT2D eigenvalue weighted by Crippen LogP contribution is 2.39. The topological polar surface area (TPSA) is 37.9 Å². The highest BCUT2D eigenvalue weighted by atomic mass is 32.1. The largest absolute Gasteiger partial charge is 0.496 e. The monoisotopic (exact) mass is 258 g/mol. The van der Waals surface area contributed by atoms with Crippen LogP contribution in [0.1, 0.15) is 24.5 Å². The number of hydrogen-bond donors (Lipinski definition) is 1. The Kier molecular flexibility index (Phi) is 2.88. The molecular weight excluding hydrogens is 244 g/mol. The zero-order chi connectivity index (χ0) is 12.5. The van der Waals surface area contributed by atoms with Crippen molar-refractivity contribution < 1.29 is 4.74 Å². The van der Waals surface area contributed by atoms with Crippen molar-refractivity contribution in [2.75, 3.05) is 7.11 Å². The van der Waals surface area contributed by atoms with Crippen LogP contribution in [0.4, 0.5) is 0 Å². The number of ether oxygens (including phenoxy) is 1. The van der Waals surface area contributed by atoms with Crippen LogP contribution < -0.4 is 4.74 Å². The minimum atomic E-state index is 0.628. The number of aromatic nitrogens is 2. The average molecular weight is 258 g/mol. The summed E-state index contributed by atoms with van der Waals surface area (Å²) < 4.78 is 6.00. The van der Waals surface area contributed by atoms with Crippen LogP contribution in [-0.4, -0.2) is 17.1 Å². The Morgan fingerprint density at radius 2 is 2.11 bits per heavy atom. The summed E-state index contributed by atoms with van der Waals surface area (Å²) in [5, 5.41) is 0. The third-order valence-electron chi connectivity index (χ3n) is 3.14. The Labute approximate surface area is 111 Å². The van der Waals surface area contributed by atoms with Crippen LogP contribution >= 0.6 is 12.2 Å². The van der Waals surface area contributed by atoms with E-state index in [-0.39, 0.29) is 0 Å². The van der Waals surface area contributed by atoms with Crippen LogP contribution in [0.15, 0.2) is 30.3 Å². The van der Waals surface area contributed by atoms with Crippen molar-refractivity contribution in [1.29, 1.82) is 0 Å². The van der Waals surface area contributed by atoms with E-state index in [9.17, 15) is 0 Å². The van der Waals surface area contributed by atoms with Crippen molar-refractivity contribution in [1.82, 2.24) is 9.97 Å². The lowest BCUT2D eigenvalue weighted by molar-refractivity contribution is 0.416. The van der Waals surface area contributed by atoms with Gasteiger partial charge in [-0.05, 0) is 37.0 Å². The summed E-state index contributed by atoms with van der Waals surface area (Å²) in [6.45, 7) is 0. The number of aromatic amines is 1. The summed E-state index contributed by atoms with van der Waals surface area (Å²) in [5.74, 6) is 2.23. The molecule has 1 fully saturated rings. The fourth-order valence-corrected chi connectivity index (χ4v) is 2.28. The average Bonchev–Trinajstić information content (AvgIpc) is 3.22. The summed E-state index contributed by atoms with van der Waals surface area (Å²) >= 11 is 5.24. The van der Waals surface area contributed by atoms with E-state index in [2.05, 4.69) is 9.97 Å². The van der Waals surface area contributed by atoms with Gasteiger partial charge in [0.25, 0.3) is 0 Å². The van der Waals surface area contributed by atoms with Crippen LogP contribution in [0.3, 0.4) is 0 Å². The molecule has 0 spiro atoms. The van der Waals surface area contributed by atoms with Crippen molar-refractivity contribution in [3.05, 3.63) is 40.7 Å². The number of rotatable bonds is 3. The Bertz CT molecular complexity index is 632. The maximum absolute atomic E-state index is 5.36. The van der Waals surface area contributed by atoms with E-state index >= 15 is 0 Å². The van der Waals surface area contributed by atoms with Gasteiger partial charge in [0.1, 0.15) is 16.2 Å². The minimum Gasteiger partial charge on any atom is -0.496 e. The summed E-state index contributed by atoms with van der Waals surface area (Å²) in [5.41, 5.74) is 2.14. The van der Waals surface area contributed by atoms with E-state index in [1.807, 2.05) is 30.3 Å². The maximum Gasteiger partial charge on any atom is 0.142 e. The van der Waals surface area contributed by atoms with E-state index < -0.39 is 0 Å². The normalized spacial score (nSPS) is 14.5. The molecule has 92 valence electrons. The molecule has 0 unspecified atom stereocenters. The predicted octanol–water partition coefficient (Wildman–Crippen LogP) is 3.69. The first kappa shape index (κ1) is 11.4. The smallest absolute Gasteiger partial charge is 0.142 e. The molecule has 1 aliphatic rings. The molecule has 3 rings (SSSR count). The molecule has 1 N–H and O–H groups in total. The Morgan fingerprint density at radius 1 is 1.33 bits per heavy atom. The van der Waals surface area contributed by atoms with Gasteiger partial charge in [-0.3, -0.25) is 0 Å². The van der Waals surface area contributed by atoms with Crippen molar-refractivity contribution in [3.8, 4) is 17.1 Å². The number of methoxy groups -OCH3 is 1. The van der Waals surface area contributed by atoms with Gasteiger partial charge in [-0.2, -0.15) is 0 Å². The quantitative estimate of drug-likeness (QED) is 0.853. The molecule has 0 bridgehead atoms. The van der Waals surface area contributed by atoms with E-state index in [4.69, 9.17) is 17.0 Å². The Hall–Kier alpha value is -1.68. The Balaban J connectivity index is 2.13. The number of benzene rings is 1. The highest BCUT2D eigenvalue weighted by Gasteiger charge is 2.25. The molecule has 0 atom stereocenters. The lowest BCUT2D eigenvalue weighted by Gasteiger charge is -2.09. The third-order valence-corrected chi connectivity index (χ3v) is 3.35. The van der Waals surface area contributed by atoms with Crippen molar-refractivity contribution in [2.45, 2.75) is 18.8 Å². The van der Waals surface area contributed by atoms with Gasteiger partial charge in [0.2, 0.25) is 0 Å². The van der Waals surface area contributed by atoms with Crippen LogP contribution in [-0.2, 0) is 0 Å². The summed E-state index contributed by atoms with van der Waals surface area (Å²) in [7, 11) is 1.66. The molecular formula is C14H14N2OS. The lowest BCUT2D eigenvalue weighted by atomic mass is 10.1. The summed E-state index contributed by atoms with van der Waals surface area (Å²) in [6.07, 6.45) is 2.47. The van der Waals surface area contributed by atoms with Crippen molar-refractivity contribution in [3.63, 3.8) is 0 Å². The number of nitrogens with zero attached hydrogens (tertiary/aromatic N) is 1. The molecule has 18 heavy (non-hydrogen) atoms. The first-order valence-corrected chi connectivity index (χ1v) is 6.43. The summed E-state index contributed by atoms with van der Waals surface area (Å²) in [4.78, 5) is 7.78. The fourth-order valence-electron chi connectivity index (χ4n) is 2.06. The van der Waals surface area contributed by atoms with Crippen LogP contribution in [0.5, 0.6) is 5.75 Å².